The Kier molecular flexibility index (Phi) is 5.11. The van der Waals surface area contributed by atoms with Crippen LogP contribution in [0.15, 0.2) is 28.6 Å². The molecule has 0 radical (unpaired) electrons. The lowest BCUT2D eigenvalue weighted by Crippen LogP contribution is -2.40. The van der Waals surface area contributed by atoms with Crippen LogP contribution in [0.5, 0.6) is 0 Å². The van der Waals surface area contributed by atoms with Crippen molar-refractivity contribution in [3.05, 3.63) is 34.9 Å². The zero-order chi connectivity index (χ0) is 17.2. The number of rotatable bonds is 4. The average Bonchev–Trinajstić information content (AvgIpc) is 3.05. The van der Waals surface area contributed by atoms with Gasteiger partial charge in [0, 0.05) is 23.7 Å². The van der Waals surface area contributed by atoms with Crippen molar-refractivity contribution in [2.75, 3.05) is 31.6 Å². The lowest BCUT2D eigenvalue weighted by atomic mass is 10.2. The van der Waals surface area contributed by atoms with Crippen LogP contribution in [-0.4, -0.2) is 55.1 Å². The van der Waals surface area contributed by atoms with Gasteiger partial charge < -0.3 is 4.74 Å². The number of anilines is 1. The molecule has 1 aliphatic rings. The van der Waals surface area contributed by atoms with Crippen molar-refractivity contribution in [1.29, 1.82) is 0 Å². The fourth-order valence-electron chi connectivity index (χ4n) is 2.06. The van der Waals surface area contributed by atoms with Gasteiger partial charge in [-0.25, -0.2) is 8.42 Å². The number of sulfonamides is 1. The summed E-state index contributed by atoms with van der Waals surface area (Å²) in [5.74, 6) is -0.441. The fourth-order valence-corrected chi connectivity index (χ4v) is 4.69. The van der Waals surface area contributed by atoms with Crippen LogP contribution in [-0.2, 0) is 14.8 Å². The number of carbonyl (C=O) groups is 1. The first-order valence-corrected chi connectivity index (χ1v) is 9.58. The molecule has 1 aromatic carbocycles. The van der Waals surface area contributed by atoms with Gasteiger partial charge >= 0.3 is 0 Å². The number of halogens is 1. The van der Waals surface area contributed by atoms with Gasteiger partial charge in [0.2, 0.25) is 9.47 Å². The number of aromatic nitrogens is 2. The molecule has 0 saturated carbocycles. The molecule has 1 amide bonds. The number of amides is 1. The van der Waals surface area contributed by atoms with Crippen molar-refractivity contribution in [1.82, 2.24) is 14.5 Å². The largest absolute Gasteiger partial charge is 0.379 e. The lowest BCUT2D eigenvalue weighted by Gasteiger charge is -2.24. The zero-order valence-electron chi connectivity index (χ0n) is 12.3. The first-order valence-electron chi connectivity index (χ1n) is 6.95. The number of nitrogens with zero attached hydrogens (tertiary/aromatic N) is 3. The maximum absolute atomic E-state index is 12.4. The Morgan fingerprint density at radius 2 is 2.04 bits per heavy atom. The summed E-state index contributed by atoms with van der Waals surface area (Å²) in [7, 11) is -3.72. The Labute approximate surface area is 147 Å². The second-order valence-electron chi connectivity index (χ2n) is 4.85. The highest BCUT2D eigenvalue weighted by molar-refractivity contribution is 7.91. The van der Waals surface area contributed by atoms with Crippen molar-refractivity contribution < 1.29 is 17.9 Å². The quantitative estimate of drug-likeness (QED) is 0.796. The molecule has 24 heavy (non-hydrogen) atoms. The first-order chi connectivity index (χ1) is 11.5. The summed E-state index contributed by atoms with van der Waals surface area (Å²) in [6.45, 7) is 1.23. The van der Waals surface area contributed by atoms with E-state index in [0.29, 0.717) is 23.8 Å². The minimum Gasteiger partial charge on any atom is -0.379 e. The molecule has 1 aromatic heterocycles. The minimum absolute atomic E-state index is 0.104. The lowest BCUT2D eigenvalue weighted by molar-refractivity contribution is 0.0730. The Bertz CT molecular complexity index is 849. The number of morpholine rings is 1. The normalized spacial score (nSPS) is 16.0. The molecule has 2 aromatic rings. The Balaban J connectivity index is 1.74. The predicted octanol–water partition coefficient (Wildman–Crippen LogP) is 1.46. The number of ether oxygens (including phenoxy) is 1. The van der Waals surface area contributed by atoms with Crippen LogP contribution in [0.4, 0.5) is 5.13 Å². The molecule has 0 unspecified atom stereocenters. The molecule has 0 aliphatic carbocycles. The van der Waals surface area contributed by atoms with Gasteiger partial charge in [0.25, 0.3) is 15.9 Å². The molecule has 1 fully saturated rings. The molecule has 3 rings (SSSR count). The number of carbonyl (C=O) groups excluding carboxylic acids is 1. The topological polar surface area (TPSA) is 101 Å². The molecule has 128 valence electrons. The van der Waals surface area contributed by atoms with Gasteiger partial charge in [-0.2, -0.15) is 4.31 Å². The van der Waals surface area contributed by atoms with Gasteiger partial charge in [0.05, 0.1) is 13.2 Å². The van der Waals surface area contributed by atoms with Crippen molar-refractivity contribution in [3.63, 3.8) is 0 Å². The maximum atomic E-state index is 12.4. The number of benzene rings is 1. The van der Waals surface area contributed by atoms with E-state index in [2.05, 4.69) is 15.5 Å². The van der Waals surface area contributed by atoms with Gasteiger partial charge in [-0.1, -0.05) is 29.0 Å². The summed E-state index contributed by atoms with van der Waals surface area (Å²) in [5.41, 5.74) is 0.343. The van der Waals surface area contributed by atoms with Crippen LogP contribution in [0.25, 0.3) is 0 Å². The molecule has 1 aliphatic heterocycles. The van der Waals surface area contributed by atoms with Crippen LogP contribution < -0.4 is 5.32 Å². The Morgan fingerprint density at radius 3 is 2.75 bits per heavy atom. The van der Waals surface area contributed by atoms with Gasteiger partial charge in [0.15, 0.2) is 0 Å². The molecule has 0 spiro atoms. The van der Waals surface area contributed by atoms with E-state index in [4.69, 9.17) is 16.3 Å². The summed E-state index contributed by atoms with van der Waals surface area (Å²) >= 11 is 6.64. The monoisotopic (exact) mass is 388 g/mol. The fraction of sp³-hybridized carbons (Fsp3) is 0.308. The van der Waals surface area contributed by atoms with E-state index in [1.165, 1.54) is 10.4 Å². The van der Waals surface area contributed by atoms with Gasteiger partial charge in [0.1, 0.15) is 0 Å². The molecule has 0 atom stereocenters. The summed E-state index contributed by atoms with van der Waals surface area (Å²) in [6.07, 6.45) is 0. The highest BCUT2D eigenvalue weighted by atomic mass is 35.5. The smallest absolute Gasteiger partial charge is 0.272 e. The highest BCUT2D eigenvalue weighted by Gasteiger charge is 2.30. The van der Waals surface area contributed by atoms with E-state index in [1.54, 1.807) is 18.2 Å². The molecule has 2 heterocycles. The van der Waals surface area contributed by atoms with E-state index >= 15 is 0 Å². The van der Waals surface area contributed by atoms with Gasteiger partial charge in [-0.05, 0) is 18.2 Å². The third kappa shape index (κ3) is 3.73. The van der Waals surface area contributed by atoms with Crippen LogP contribution >= 0.6 is 22.9 Å². The predicted molar refractivity (Wildman–Crippen MR) is 88.9 cm³/mol. The Hall–Kier alpha value is -1.59. The van der Waals surface area contributed by atoms with Crippen LogP contribution in [0.1, 0.15) is 10.4 Å². The van der Waals surface area contributed by atoms with Crippen LogP contribution in [0.2, 0.25) is 5.02 Å². The first kappa shape index (κ1) is 17.2. The van der Waals surface area contributed by atoms with Crippen molar-refractivity contribution in [2.24, 2.45) is 0 Å². The second kappa shape index (κ2) is 7.11. The van der Waals surface area contributed by atoms with Crippen molar-refractivity contribution in [2.45, 2.75) is 4.34 Å². The maximum Gasteiger partial charge on any atom is 0.272 e. The van der Waals surface area contributed by atoms with E-state index in [1.807, 2.05) is 0 Å². The van der Waals surface area contributed by atoms with E-state index < -0.39 is 15.9 Å². The molecule has 1 saturated heterocycles. The molecule has 0 bridgehead atoms. The summed E-state index contributed by atoms with van der Waals surface area (Å²) in [4.78, 5) is 12.1. The van der Waals surface area contributed by atoms with E-state index in [0.717, 1.165) is 11.3 Å². The SMILES string of the molecule is O=C(Nc1nnc(S(=O)(=O)N2CCOCC2)s1)c1cccc(Cl)c1. The van der Waals surface area contributed by atoms with Crippen molar-refractivity contribution >= 4 is 44.0 Å². The average molecular weight is 389 g/mol. The number of nitrogens with one attached hydrogen (secondary N) is 1. The van der Waals surface area contributed by atoms with Gasteiger partial charge in [-0.15, -0.1) is 10.2 Å². The standard InChI is InChI=1S/C13H13ClN4O4S2/c14-10-3-1-2-9(8-10)11(19)15-12-16-17-13(23-12)24(20,21)18-4-6-22-7-5-18/h1-3,8H,4-7H2,(H,15,16,19). The third-order valence-electron chi connectivity index (χ3n) is 3.24. The Morgan fingerprint density at radius 1 is 1.29 bits per heavy atom. The van der Waals surface area contributed by atoms with E-state index in [9.17, 15) is 13.2 Å². The summed E-state index contributed by atoms with van der Waals surface area (Å²) in [5, 5.41) is 10.5. The van der Waals surface area contributed by atoms with Crippen LogP contribution in [0.3, 0.4) is 0 Å². The molecular formula is C13H13ClN4O4S2. The number of hydrogen-bond acceptors (Lipinski definition) is 7. The molecule has 8 nitrogen and oxygen atoms in total. The van der Waals surface area contributed by atoms with Gasteiger partial charge in [-0.3, -0.25) is 10.1 Å². The highest BCUT2D eigenvalue weighted by Crippen LogP contribution is 2.24. The number of hydrogen-bond donors (Lipinski definition) is 1. The molecular weight excluding hydrogens is 376 g/mol. The minimum atomic E-state index is -3.72. The summed E-state index contributed by atoms with van der Waals surface area (Å²) < 4.78 is 31.2. The van der Waals surface area contributed by atoms with Crippen LogP contribution in [0, 0.1) is 0 Å². The van der Waals surface area contributed by atoms with E-state index in [-0.39, 0.29) is 22.6 Å². The second-order valence-corrected chi connectivity index (χ2v) is 8.38. The molecule has 11 heteroatoms. The summed E-state index contributed by atoms with van der Waals surface area (Å²) in [6, 6.07) is 6.39. The molecule has 1 N–H and O–H groups in total. The zero-order valence-corrected chi connectivity index (χ0v) is 14.7. The van der Waals surface area contributed by atoms with Crippen molar-refractivity contribution in [3.8, 4) is 0 Å². The third-order valence-corrected chi connectivity index (χ3v) is 6.56.